The van der Waals surface area contributed by atoms with Crippen molar-refractivity contribution in [3.05, 3.63) is 45.7 Å². The van der Waals surface area contributed by atoms with Gasteiger partial charge in [-0.2, -0.15) is 0 Å². The predicted octanol–water partition coefficient (Wildman–Crippen LogP) is 4.27. The van der Waals surface area contributed by atoms with Crippen LogP contribution in [-0.2, 0) is 6.42 Å². The Morgan fingerprint density at radius 1 is 1.33 bits per heavy atom. The summed E-state index contributed by atoms with van der Waals surface area (Å²) in [5.74, 6) is -0.0645. The maximum Gasteiger partial charge on any atom is 0.165 e. The van der Waals surface area contributed by atoms with Crippen molar-refractivity contribution in [1.82, 2.24) is 10.3 Å². The second-order valence-corrected chi connectivity index (χ2v) is 6.17. The van der Waals surface area contributed by atoms with Gasteiger partial charge in [0.25, 0.3) is 0 Å². The first-order valence-corrected chi connectivity index (χ1v) is 7.90. The van der Waals surface area contributed by atoms with Crippen LogP contribution in [0, 0.1) is 5.82 Å². The Bertz CT molecular complexity index is 600. The third-order valence-corrected chi connectivity index (χ3v) is 4.79. The molecule has 2 unspecified atom stereocenters. The number of benzene rings is 1. The molecule has 1 N–H and O–H groups in total. The summed E-state index contributed by atoms with van der Waals surface area (Å²) in [5, 5.41) is 4.52. The molecule has 2 atom stereocenters. The van der Waals surface area contributed by atoms with E-state index in [0.717, 1.165) is 17.0 Å². The second kappa shape index (κ2) is 7.00. The van der Waals surface area contributed by atoms with E-state index in [4.69, 9.17) is 4.74 Å². The number of hydrogen-bond acceptors (Lipinski definition) is 4. The quantitative estimate of drug-likeness (QED) is 0.865. The van der Waals surface area contributed by atoms with E-state index in [1.165, 1.54) is 18.1 Å². The van der Waals surface area contributed by atoms with E-state index in [9.17, 15) is 4.39 Å². The summed E-state index contributed by atoms with van der Waals surface area (Å²) in [6, 6.07) is 5.23. The lowest BCUT2D eigenvalue weighted by molar-refractivity contribution is 0.385. The van der Waals surface area contributed by atoms with Crippen LogP contribution in [0.5, 0.6) is 5.75 Å². The van der Waals surface area contributed by atoms with Crippen molar-refractivity contribution >= 4 is 11.3 Å². The molecule has 2 aromatic rings. The fraction of sp³-hybridized carbons (Fsp3) is 0.438. The minimum atomic E-state index is -0.334. The van der Waals surface area contributed by atoms with Crippen molar-refractivity contribution in [3.8, 4) is 5.75 Å². The Morgan fingerprint density at radius 3 is 2.67 bits per heavy atom. The van der Waals surface area contributed by atoms with E-state index in [1.807, 2.05) is 19.2 Å². The smallest absolute Gasteiger partial charge is 0.165 e. The predicted molar refractivity (Wildman–Crippen MR) is 84.4 cm³/mol. The molecule has 0 aliphatic carbocycles. The maximum atomic E-state index is 13.8. The lowest BCUT2D eigenvalue weighted by Gasteiger charge is -2.19. The van der Waals surface area contributed by atoms with Crippen LogP contribution in [0.25, 0.3) is 0 Å². The number of nitrogens with one attached hydrogen (secondary N) is 1. The normalized spacial score (nSPS) is 14.0. The number of methoxy groups -OCH3 is 1. The molecule has 0 bridgehead atoms. The van der Waals surface area contributed by atoms with Crippen LogP contribution >= 0.6 is 11.3 Å². The summed E-state index contributed by atoms with van der Waals surface area (Å²) in [6.45, 7) is 6.22. The highest BCUT2D eigenvalue weighted by atomic mass is 32.1. The van der Waals surface area contributed by atoms with E-state index in [-0.39, 0.29) is 23.7 Å². The Kier molecular flexibility index (Phi) is 5.31. The lowest BCUT2D eigenvalue weighted by atomic mass is 10.1. The molecule has 0 spiro atoms. The summed E-state index contributed by atoms with van der Waals surface area (Å²) in [6.07, 6.45) is 2.93. The first kappa shape index (κ1) is 15.9. The first-order valence-electron chi connectivity index (χ1n) is 7.09. The molecule has 114 valence electrons. The SMILES string of the molecule is CCc1cnc(C(C)NC(C)c2ccc(OC)c(F)c2)s1. The Morgan fingerprint density at radius 2 is 2.10 bits per heavy atom. The Hall–Kier alpha value is -1.46. The zero-order valence-electron chi connectivity index (χ0n) is 12.8. The van der Waals surface area contributed by atoms with E-state index in [0.29, 0.717) is 0 Å². The van der Waals surface area contributed by atoms with Crippen LogP contribution in [0.1, 0.15) is 48.3 Å². The molecule has 0 saturated heterocycles. The number of nitrogens with zero attached hydrogens (tertiary/aromatic N) is 1. The largest absolute Gasteiger partial charge is 0.494 e. The zero-order valence-corrected chi connectivity index (χ0v) is 13.6. The van der Waals surface area contributed by atoms with Gasteiger partial charge in [-0.25, -0.2) is 9.37 Å². The van der Waals surface area contributed by atoms with Crippen LogP contribution in [0.15, 0.2) is 24.4 Å². The van der Waals surface area contributed by atoms with E-state index in [2.05, 4.69) is 24.1 Å². The van der Waals surface area contributed by atoms with Gasteiger partial charge in [0.2, 0.25) is 0 Å². The van der Waals surface area contributed by atoms with Gasteiger partial charge < -0.3 is 10.1 Å². The van der Waals surface area contributed by atoms with Crippen molar-refractivity contribution in [2.45, 2.75) is 39.3 Å². The summed E-state index contributed by atoms with van der Waals surface area (Å²) >= 11 is 1.72. The second-order valence-electron chi connectivity index (χ2n) is 5.02. The fourth-order valence-corrected chi connectivity index (χ4v) is 3.05. The van der Waals surface area contributed by atoms with Gasteiger partial charge in [-0.3, -0.25) is 0 Å². The number of ether oxygens (including phenoxy) is 1. The van der Waals surface area contributed by atoms with Crippen LogP contribution < -0.4 is 10.1 Å². The molecule has 0 radical (unpaired) electrons. The number of hydrogen-bond donors (Lipinski definition) is 1. The van der Waals surface area contributed by atoms with Crippen LogP contribution in [-0.4, -0.2) is 12.1 Å². The van der Waals surface area contributed by atoms with Crippen molar-refractivity contribution < 1.29 is 9.13 Å². The molecule has 0 fully saturated rings. The third kappa shape index (κ3) is 3.80. The average molecular weight is 308 g/mol. The molecule has 0 aliphatic heterocycles. The van der Waals surface area contributed by atoms with Gasteiger partial charge in [0.05, 0.1) is 13.2 Å². The van der Waals surface area contributed by atoms with Crippen LogP contribution in [0.4, 0.5) is 4.39 Å². The van der Waals surface area contributed by atoms with Gasteiger partial charge in [-0.1, -0.05) is 13.0 Å². The fourth-order valence-electron chi connectivity index (χ4n) is 2.18. The molecule has 3 nitrogen and oxygen atoms in total. The summed E-state index contributed by atoms with van der Waals surface area (Å²) in [5.41, 5.74) is 0.896. The van der Waals surface area contributed by atoms with E-state index < -0.39 is 0 Å². The molecule has 1 aromatic carbocycles. The van der Waals surface area contributed by atoms with Gasteiger partial charge >= 0.3 is 0 Å². The Balaban J connectivity index is 2.06. The molecule has 1 aromatic heterocycles. The van der Waals surface area contributed by atoms with E-state index in [1.54, 1.807) is 17.4 Å². The molecule has 0 amide bonds. The van der Waals surface area contributed by atoms with Crippen LogP contribution in [0.3, 0.4) is 0 Å². The van der Waals surface area contributed by atoms with Crippen molar-refractivity contribution in [2.75, 3.05) is 7.11 Å². The van der Waals surface area contributed by atoms with Crippen molar-refractivity contribution in [2.24, 2.45) is 0 Å². The number of aromatic nitrogens is 1. The summed E-state index contributed by atoms with van der Waals surface area (Å²) < 4.78 is 18.7. The molecule has 0 aliphatic rings. The first-order chi connectivity index (χ1) is 10.0. The molecule has 5 heteroatoms. The van der Waals surface area contributed by atoms with E-state index >= 15 is 0 Å². The third-order valence-electron chi connectivity index (χ3n) is 3.47. The number of aryl methyl sites for hydroxylation is 1. The molecular formula is C16H21FN2OS. The van der Waals surface area contributed by atoms with Gasteiger partial charge in [-0.15, -0.1) is 11.3 Å². The van der Waals surface area contributed by atoms with Crippen molar-refractivity contribution in [1.29, 1.82) is 0 Å². The van der Waals surface area contributed by atoms with Gasteiger partial charge in [-0.05, 0) is 38.0 Å². The van der Waals surface area contributed by atoms with Gasteiger partial charge in [0.15, 0.2) is 11.6 Å². The highest BCUT2D eigenvalue weighted by Crippen LogP contribution is 2.26. The monoisotopic (exact) mass is 308 g/mol. The molecule has 2 rings (SSSR count). The number of thiazole rings is 1. The zero-order chi connectivity index (χ0) is 15.4. The topological polar surface area (TPSA) is 34.2 Å². The molecule has 21 heavy (non-hydrogen) atoms. The highest BCUT2D eigenvalue weighted by molar-refractivity contribution is 7.11. The van der Waals surface area contributed by atoms with Gasteiger partial charge in [0, 0.05) is 17.1 Å². The number of rotatable bonds is 6. The summed E-state index contributed by atoms with van der Waals surface area (Å²) in [4.78, 5) is 5.72. The lowest BCUT2D eigenvalue weighted by Crippen LogP contribution is -2.22. The maximum absolute atomic E-state index is 13.8. The standard InChI is InChI=1S/C16H21FN2OS/c1-5-13-9-18-16(21-13)11(3)19-10(2)12-6-7-15(20-4)14(17)8-12/h6-11,19H,5H2,1-4H3. The van der Waals surface area contributed by atoms with Crippen molar-refractivity contribution in [3.63, 3.8) is 0 Å². The molecular weight excluding hydrogens is 287 g/mol. The Labute approximate surface area is 129 Å². The molecule has 0 saturated carbocycles. The van der Waals surface area contributed by atoms with Crippen LogP contribution in [0.2, 0.25) is 0 Å². The minimum Gasteiger partial charge on any atom is -0.494 e. The molecule has 1 heterocycles. The number of halogens is 1. The minimum absolute atomic E-state index is 0.0365. The highest BCUT2D eigenvalue weighted by Gasteiger charge is 2.15. The average Bonchev–Trinajstić information content (AvgIpc) is 2.96. The summed E-state index contributed by atoms with van der Waals surface area (Å²) in [7, 11) is 1.47. The van der Waals surface area contributed by atoms with Gasteiger partial charge in [0.1, 0.15) is 5.01 Å².